The van der Waals surface area contributed by atoms with Gasteiger partial charge in [0.15, 0.2) is 11.6 Å². The molecule has 0 amide bonds. The van der Waals surface area contributed by atoms with E-state index in [0.29, 0.717) is 22.5 Å². The topological polar surface area (TPSA) is 80.8 Å². The van der Waals surface area contributed by atoms with Gasteiger partial charge in [0, 0.05) is 22.4 Å². The monoisotopic (exact) mass is 332 g/mol. The van der Waals surface area contributed by atoms with Crippen molar-refractivity contribution < 1.29 is 9.53 Å². The van der Waals surface area contributed by atoms with Gasteiger partial charge in [-0.15, -0.1) is 10.2 Å². The smallest absolute Gasteiger partial charge is 0.178 e. The van der Waals surface area contributed by atoms with Crippen molar-refractivity contribution in [1.82, 2.24) is 20.6 Å². The van der Waals surface area contributed by atoms with Crippen LogP contribution in [-0.2, 0) is 4.74 Å². The van der Waals surface area contributed by atoms with Crippen LogP contribution in [-0.4, -0.2) is 32.5 Å². The molecule has 0 aliphatic heterocycles. The first kappa shape index (κ1) is 14.8. The molecule has 1 heterocycles. The molecule has 2 aromatic rings. The first-order valence-corrected chi connectivity index (χ1v) is 8.23. The van der Waals surface area contributed by atoms with Crippen molar-refractivity contribution in [2.45, 2.75) is 44.3 Å². The Morgan fingerprint density at radius 3 is 2.91 bits per heavy atom. The minimum atomic E-state index is -0.0744. The van der Waals surface area contributed by atoms with Crippen LogP contribution in [0, 0.1) is 5.92 Å². The molecule has 0 spiro atoms. The van der Waals surface area contributed by atoms with Crippen LogP contribution in [0.25, 0.3) is 0 Å². The van der Waals surface area contributed by atoms with E-state index in [1.165, 1.54) is 0 Å². The number of carbonyl (C=O) groups is 1. The highest BCUT2D eigenvalue weighted by Crippen LogP contribution is 2.47. The van der Waals surface area contributed by atoms with Crippen LogP contribution in [0.3, 0.4) is 0 Å². The Bertz CT molecular complexity index is 730. The molecule has 0 bridgehead atoms. The number of Topliss-reactive ketones (excluding diaryl/α,β-unsaturated/α-hetero) is 1. The van der Waals surface area contributed by atoms with Crippen molar-refractivity contribution in [2.75, 3.05) is 0 Å². The summed E-state index contributed by atoms with van der Waals surface area (Å²) in [5.41, 5.74) is 1.56. The fraction of sp³-hybridized carbons (Fsp3) is 0.500. The largest absolute Gasteiger partial charge is 0.371 e. The van der Waals surface area contributed by atoms with Gasteiger partial charge in [0.25, 0.3) is 0 Å². The summed E-state index contributed by atoms with van der Waals surface area (Å²) < 4.78 is 5.86. The van der Waals surface area contributed by atoms with E-state index in [1.54, 1.807) is 6.07 Å². The molecule has 2 aliphatic rings. The van der Waals surface area contributed by atoms with E-state index in [4.69, 9.17) is 16.3 Å². The van der Waals surface area contributed by atoms with Gasteiger partial charge >= 0.3 is 0 Å². The lowest BCUT2D eigenvalue weighted by Gasteiger charge is -2.15. The first-order valence-electron chi connectivity index (χ1n) is 7.86. The van der Waals surface area contributed by atoms with Crippen molar-refractivity contribution in [3.63, 3.8) is 0 Å². The molecule has 23 heavy (non-hydrogen) atoms. The number of hydrogen-bond acceptors (Lipinski definition) is 5. The maximum atomic E-state index is 12.6. The average Bonchev–Trinajstić information content (AvgIpc) is 3.46. The quantitative estimate of drug-likeness (QED) is 0.822. The number of benzene rings is 1. The second kappa shape index (κ2) is 5.69. The molecular weight excluding hydrogens is 316 g/mol. The van der Waals surface area contributed by atoms with Crippen molar-refractivity contribution in [2.24, 2.45) is 5.92 Å². The summed E-state index contributed by atoms with van der Waals surface area (Å²) >= 11 is 6.36. The Morgan fingerprint density at radius 1 is 1.43 bits per heavy atom. The molecule has 1 N–H and O–H groups in total. The molecule has 4 rings (SSSR count). The third-order valence-corrected chi connectivity index (χ3v) is 4.79. The molecule has 1 aromatic carbocycles. The normalized spacial score (nSPS) is 24.4. The second-order valence-corrected chi connectivity index (χ2v) is 6.70. The van der Waals surface area contributed by atoms with E-state index in [1.807, 2.05) is 19.1 Å². The molecule has 2 aliphatic carbocycles. The molecule has 7 heteroatoms. The summed E-state index contributed by atoms with van der Waals surface area (Å²) in [5, 5.41) is 14.5. The summed E-state index contributed by atoms with van der Waals surface area (Å²) in [7, 11) is 0. The Labute approximate surface area is 138 Å². The number of aromatic nitrogens is 4. The number of nitrogens with zero attached hydrogens (tertiary/aromatic N) is 3. The van der Waals surface area contributed by atoms with Gasteiger partial charge in [-0.25, -0.2) is 0 Å². The standard InChI is InChI=1S/C16H17ClN4O2/c1-8(23-10-3-4-10)11-5-2-9(6-14(11)17)15(22)12-7-13(12)16-18-20-21-19-16/h2,5-6,8,10,12-13H,3-4,7H2,1H3,(H,18,19,20,21)/t8?,12-,13-/m0/s1. The van der Waals surface area contributed by atoms with Crippen LogP contribution < -0.4 is 0 Å². The zero-order chi connectivity index (χ0) is 16.0. The van der Waals surface area contributed by atoms with Gasteiger partial charge in [-0.05, 0) is 37.8 Å². The van der Waals surface area contributed by atoms with E-state index < -0.39 is 0 Å². The maximum absolute atomic E-state index is 12.6. The number of ether oxygens (including phenoxy) is 1. The zero-order valence-corrected chi connectivity index (χ0v) is 13.5. The van der Waals surface area contributed by atoms with Gasteiger partial charge in [0.2, 0.25) is 0 Å². The molecule has 6 nitrogen and oxygen atoms in total. The minimum Gasteiger partial charge on any atom is -0.371 e. The molecule has 120 valence electrons. The van der Waals surface area contributed by atoms with Crippen LogP contribution in [0.15, 0.2) is 18.2 Å². The lowest BCUT2D eigenvalue weighted by atomic mass is 10.0. The van der Waals surface area contributed by atoms with E-state index in [9.17, 15) is 4.79 Å². The number of tetrazole rings is 1. The minimum absolute atomic E-state index is 0.0489. The maximum Gasteiger partial charge on any atom is 0.178 e. The van der Waals surface area contributed by atoms with E-state index in [0.717, 1.165) is 24.8 Å². The van der Waals surface area contributed by atoms with Gasteiger partial charge in [0.1, 0.15) is 0 Å². The van der Waals surface area contributed by atoms with E-state index >= 15 is 0 Å². The lowest BCUT2D eigenvalue weighted by Crippen LogP contribution is -2.06. The van der Waals surface area contributed by atoms with Crippen LogP contribution in [0.1, 0.15) is 60.0 Å². The van der Waals surface area contributed by atoms with Crippen molar-refractivity contribution in [3.05, 3.63) is 40.2 Å². The number of hydrogen-bond donors (Lipinski definition) is 1. The number of H-pyrrole nitrogens is 1. The third kappa shape index (κ3) is 3.01. The Balaban J connectivity index is 1.47. The van der Waals surface area contributed by atoms with Gasteiger partial charge in [-0.1, -0.05) is 28.9 Å². The molecule has 1 aromatic heterocycles. The SMILES string of the molecule is CC(OC1CC1)c1ccc(C(=O)[C@H]2C[C@@H]2c2nn[nH]n2)cc1Cl. The summed E-state index contributed by atoms with van der Waals surface area (Å²) in [6.45, 7) is 1.99. The van der Waals surface area contributed by atoms with Gasteiger partial charge in [0.05, 0.1) is 12.2 Å². The Morgan fingerprint density at radius 2 is 2.26 bits per heavy atom. The Kier molecular flexibility index (Phi) is 3.66. The lowest BCUT2D eigenvalue weighted by molar-refractivity contribution is 0.0519. The predicted molar refractivity (Wildman–Crippen MR) is 83.3 cm³/mol. The number of rotatable bonds is 6. The summed E-state index contributed by atoms with van der Waals surface area (Å²) in [5.74, 6) is 0.688. The molecule has 2 fully saturated rings. The summed E-state index contributed by atoms with van der Waals surface area (Å²) in [4.78, 5) is 12.6. The summed E-state index contributed by atoms with van der Waals surface area (Å²) in [6, 6.07) is 5.48. The molecule has 0 radical (unpaired) electrons. The highest BCUT2D eigenvalue weighted by atomic mass is 35.5. The van der Waals surface area contributed by atoms with Crippen LogP contribution in [0.5, 0.6) is 0 Å². The molecule has 3 atom stereocenters. The average molecular weight is 333 g/mol. The molecule has 1 unspecified atom stereocenters. The van der Waals surface area contributed by atoms with Crippen molar-refractivity contribution in [3.8, 4) is 0 Å². The second-order valence-electron chi connectivity index (χ2n) is 6.30. The van der Waals surface area contributed by atoms with Crippen molar-refractivity contribution in [1.29, 1.82) is 0 Å². The number of carbonyl (C=O) groups excluding carboxylic acids is 1. The van der Waals surface area contributed by atoms with Crippen LogP contribution >= 0.6 is 11.6 Å². The number of nitrogens with one attached hydrogen (secondary N) is 1. The van der Waals surface area contributed by atoms with Crippen LogP contribution in [0.2, 0.25) is 5.02 Å². The third-order valence-electron chi connectivity index (χ3n) is 4.46. The molecular formula is C16H17ClN4O2. The van der Waals surface area contributed by atoms with Gasteiger partial charge < -0.3 is 4.74 Å². The fourth-order valence-electron chi connectivity index (χ4n) is 2.89. The first-order chi connectivity index (χ1) is 11.1. The fourth-order valence-corrected chi connectivity index (χ4v) is 3.22. The highest BCUT2D eigenvalue weighted by molar-refractivity contribution is 6.31. The van der Waals surface area contributed by atoms with E-state index in [2.05, 4.69) is 20.6 Å². The van der Waals surface area contributed by atoms with E-state index in [-0.39, 0.29) is 23.7 Å². The van der Waals surface area contributed by atoms with Crippen molar-refractivity contribution >= 4 is 17.4 Å². The van der Waals surface area contributed by atoms with Gasteiger partial charge in [-0.3, -0.25) is 4.79 Å². The Hall–Kier alpha value is -1.79. The van der Waals surface area contributed by atoms with Crippen LogP contribution in [0.4, 0.5) is 0 Å². The summed E-state index contributed by atoms with van der Waals surface area (Å²) in [6.07, 6.45) is 3.32. The predicted octanol–water partition coefficient (Wildman–Crippen LogP) is 3.08. The molecule has 0 saturated heterocycles. The number of ketones is 1. The molecule has 2 saturated carbocycles. The number of halogens is 1. The zero-order valence-electron chi connectivity index (χ0n) is 12.7. The van der Waals surface area contributed by atoms with Gasteiger partial charge in [-0.2, -0.15) is 5.21 Å². The number of aromatic amines is 1. The highest BCUT2D eigenvalue weighted by Gasteiger charge is 2.46.